The van der Waals surface area contributed by atoms with Gasteiger partial charge in [0.05, 0.1) is 37.5 Å². The number of benzene rings is 1. The largest absolute Gasteiger partial charge is 0.378 e. The van der Waals surface area contributed by atoms with Gasteiger partial charge < -0.3 is 25.2 Å². The van der Waals surface area contributed by atoms with E-state index in [1.807, 2.05) is 24.4 Å². The molecule has 3 saturated heterocycles. The van der Waals surface area contributed by atoms with Crippen molar-refractivity contribution >= 4 is 28.1 Å². The summed E-state index contributed by atoms with van der Waals surface area (Å²) in [6.45, 7) is 12.0. The highest BCUT2D eigenvalue weighted by atomic mass is 16.5. The van der Waals surface area contributed by atoms with Crippen molar-refractivity contribution in [2.75, 3.05) is 73.7 Å². The summed E-state index contributed by atoms with van der Waals surface area (Å²) in [4.78, 5) is 19.1. The molecule has 3 aromatic rings. The fourth-order valence-electron chi connectivity index (χ4n) is 6.35. The Labute approximate surface area is 225 Å². The Kier molecular flexibility index (Phi) is 6.45. The Morgan fingerprint density at radius 2 is 1.95 bits per heavy atom. The van der Waals surface area contributed by atoms with Crippen LogP contribution in [0.4, 0.5) is 17.2 Å². The molecule has 1 unspecified atom stereocenters. The number of ether oxygens (including phenoxy) is 1. The van der Waals surface area contributed by atoms with Crippen LogP contribution in [0, 0.1) is 18.3 Å². The van der Waals surface area contributed by atoms with E-state index in [2.05, 4.69) is 50.6 Å². The number of pyridine rings is 2. The van der Waals surface area contributed by atoms with Crippen molar-refractivity contribution < 1.29 is 6.11 Å². The predicted octanol–water partition coefficient (Wildman–Crippen LogP) is 2.37. The first-order valence-corrected chi connectivity index (χ1v) is 13.5. The first kappa shape index (κ1) is 23.7. The highest BCUT2D eigenvalue weighted by Crippen LogP contribution is 2.33. The van der Waals surface area contributed by atoms with Crippen LogP contribution >= 0.6 is 0 Å². The van der Waals surface area contributed by atoms with E-state index in [0.717, 1.165) is 68.4 Å². The number of aryl methyl sites for hydroxylation is 1. The first-order chi connectivity index (χ1) is 18.9. The van der Waals surface area contributed by atoms with Gasteiger partial charge in [-0.3, -0.25) is 9.88 Å². The van der Waals surface area contributed by atoms with Crippen LogP contribution in [-0.4, -0.2) is 92.0 Å². The molecule has 0 radical (unpaired) electrons. The van der Waals surface area contributed by atoms with Gasteiger partial charge in [-0.2, -0.15) is 5.26 Å². The molecule has 3 aliphatic rings. The van der Waals surface area contributed by atoms with Crippen molar-refractivity contribution in [2.24, 2.45) is 5.73 Å². The van der Waals surface area contributed by atoms with Crippen molar-refractivity contribution in [3.8, 4) is 6.07 Å². The van der Waals surface area contributed by atoms with E-state index in [9.17, 15) is 5.26 Å². The van der Waals surface area contributed by atoms with E-state index in [1.54, 1.807) is 6.07 Å². The van der Waals surface area contributed by atoms with E-state index >= 15 is 0 Å². The van der Waals surface area contributed by atoms with Crippen LogP contribution < -0.4 is 20.4 Å². The van der Waals surface area contributed by atoms with Crippen LogP contribution in [0.1, 0.15) is 19.4 Å². The van der Waals surface area contributed by atoms with Crippen molar-refractivity contribution in [1.29, 1.82) is 5.26 Å². The van der Waals surface area contributed by atoms with Gasteiger partial charge in [-0.1, -0.05) is 0 Å². The molecule has 198 valence electrons. The van der Waals surface area contributed by atoms with Gasteiger partial charge in [0, 0.05) is 81.2 Å². The quantitative estimate of drug-likeness (QED) is 0.566. The maximum atomic E-state index is 9.60. The van der Waals surface area contributed by atoms with Gasteiger partial charge in [0.15, 0.2) is 0 Å². The molecular formula is C29H36N8O. The smallest absolute Gasteiger partial charge is 0.131 e. The summed E-state index contributed by atoms with van der Waals surface area (Å²) < 4.78 is 13.6. The maximum Gasteiger partial charge on any atom is 0.131 e. The second-order valence-electron chi connectivity index (χ2n) is 10.8. The first-order valence-electron chi connectivity index (χ1n) is 14.0. The van der Waals surface area contributed by atoms with Crippen LogP contribution in [0.5, 0.6) is 0 Å². The van der Waals surface area contributed by atoms with Crippen molar-refractivity contribution in [3.63, 3.8) is 0 Å². The average molecular weight is 514 g/mol. The van der Waals surface area contributed by atoms with Crippen molar-refractivity contribution in [3.05, 3.63) is 53.8 Å². The Morgan fingerprint density at radius 1 is 1.08 bits per heavy atom. The molecule has 38 heavy (non-hydrogen) atoms. The maximum absolute atomic E-state index is 9.60. The Balaban J connectivity index is 1.23. The lowest BCUT2D eigenvalue weighted by Crippen LogP contribution is -2.65. The molecule has 2 aromatic heterocycles. The summed E-state index contributed by atoms with van der Waals surface area (Å²) in [6, 6.07) is 12.7. The Bertz CT molecular complexity index is 1410. The van der Waals surface area contributed by atoms with E-state index in [1.165, 1.54) is 5.56 Å². The number of nitriles is 1. The SMILES string of the molecule is [2H]c1ccc2c(N3CC4CN(c5ncc(N6CCOC[C@H](N)C6)cc5C)CCN4[C@@H](C)C3)ccc(C#N)c2n1. The fourth-order valence-corrected chi connectivity index (χ4v) is 6.35. The molecule has 6 rings (SSSR count). The van der Waals surface area contributed by atoms with E-state index in [-0.39, 0.29) is 12.2 Å². The number of anilines is 3. The van der Waals surface area contributed by atoms with Gasteiger partial charge in [-0.15, -0.1) is 0 Å². The van der Waals surface area contributed by atoms with E-state index in [4.69, 9.17) is 16.8 Å². The number of nitrogens with two attached hydrogens (primary N) is 1. The summed E-state index contributed by atoms with van der Waals surface area (Å²) in [5, 5.41) is 10.5. The minimum atomic E-state index is 0.00910. The fraction of sp³-hybridized carbons (Fsp3) is 0.483. The molecule has 0 spiro atoms. The molecule has 0 saturated carbocycles. The number of hydrogen-bond donors (Lipinski definition) is 1. The lowest BCUT2D eigenvalue weighted by molar-refractivity contribution is 0.108. The molecule has 0 amide bonds. The number of piperazine rings is 2. The highest BCUT2D eigenvalue weighted by Gasteiger charge is 2.37. The zero-order valence-corrected chi connectivity index (χ0v) is 22.2. The number of hydrogen-bond acceptors (Lipinski definition) is 9. The normalized spacial score (nSPS) is 25.1. The highest BCUT2D eigenvalue weighted by molar-refractivity contribution is 5.95. The van der Waals surface area contributed by atoms with Crippen LogP contribution in [0.3, 0.4) is 0 Å². The topological polar surface area (TPSA) is 97.8 Å². The second kappa shape index (κ2) is 10.4. The molecule has 0 bridgehead atoms. The summed E-state index contributed by atoms with van der Waals surface area (Å²) in [5.74, 6) is 1.05. The monoisotopic (exact) mass is 513 g/mol. The van der Waals surface area contributed by atoms with Gasteiger partial charge in [0.1, 0.15) is 11.9 Å². The van der Waals surface area contributed by atoms with Gasteiger partial charge in [-0.05, 0) is 49.7 Å². The third-order valence-corrected chi connectivity index (χ3v) is 8.16. The third-order valence-electron chi connectivity index (χ3n) is 8.16. The second-order valence-corrected chi connectivity index (χ2v) is 10.8. The van der Waals surface area contributed by atoms with Crippen LogP contribution in [0.25, 0.3) is 10.9 Å². The number of aromatic nitrogens is 2. The lowest BCUT2D eigenvalue weighted by atomic mass is 10.0. The molecule has 9 heteroatoms. The molecule has 2 N–H and O–H groups in total. The molecular weight excluding hydrogens is 476 g/mol. The van der Waals surface area contributed by atoms with Gasteiger partial charge in [0.2, 0.25) is 0 Å². The molecule has 3 aliphatic heterocycles. The third kappa shape index (κ3) is 4.64. The number of nitrogens with zero attached hydrogens (tertiary/aromatic N) is 7. The lowest BCUT2D eigenvalue weighted by Gasteiger charge is -2.51. The van der Waals surface area contributed by atoms with Crippen molar-refractivity contribution in [1.82, 2.24) is 14.9 Å². The summed E-state index contributed by atoms with van der Waals surface area (Å²) in [6.07, 6.45) is 2.16. The zero-order chi connectivity index (χ0) is 27.1. The molecule has 5 heterocycles. The van der Waals surface area contributed by atoms with Crippen LogP contribution in [0.2, 0.25) is 0 Å². The van der Waals surface area contributed by atoms with Gasteiger partial charge >= 0.3 is 0 Å². The minimum absolute atomic E-state index is 0.00910. The molecule has 3 atom stereocenters. The molecule has 3 fully saturated rings. The molecule has 9 nitrogen and oxygen atoms in total. The minimum Gasteiger partial charge on any atom is -0.378 e. The Hall–Kier alpha value is -3.45. The van der Waals surface area contributed by atoms with Crippen LogP contribution in [-0.2, 0) is 4.74 Å². The van der Waals surface area contributed by atoms with E-state index < -0.39 is 0 Å². The average Bonchev–Trinajstić information content (AvgIpc) is 3.16. The molecule has 0 aliphatic carbocycles. The Morgan fingerprint density at radius 3 is 2.79 bits per heavy atom. The zero-order valence-electron chi connectivity index (χ0n) is 23.2. The number of fused-ring (bicyclic) bond motifs is 2. The standard InChI is InChI=1S/C29H36N8O/c1-20-12-24(34-10-11-38-19-23(31)16-34)14-33-29(20)35-8-9-37-21(2)15-36(18-25(37)17-35)27-6-5-22(13-30)28-26(27)4-3-7-32-28/h3-7,12,14,21,23,25H,8-11,15-19,31H2,1-2H3/t21-,23+,25?/m0/s1/i7D. The van der Waals surface area contributed by atoms with E-state index in [0.29, 0.717) is 36.4 Å². The number of rotatable bonds is 3. The molecule has 1 aromatic carbocycles. The summed E-state index contributed by atoms with van der Waals surface area (Å²) in [5.41, 5.74) is 10.7. The van der Waals surface area contributed by atoms with Crippen molar-refractivity contribution in [2.45, 2.75) is 32.0 Å². The van der Waals surface area contributed by atoms with Gasteiger partial charge in [0.25, 0.3) is 0 Å². The van der Waals surface area contributed by atoms with Gasteiger partial charge in [-0.25, -0.2) is 4.98 Å². The predicted molar refractivity (Wildman–Crippen MR) is 151 cm³/mol. The summed E-state index contributed by atoms with van der Waals surface area (Å²) >= 11 is 0. The summed E-state index contributed by atoms with van der Waals surface area (Å²) in [7, 11) is 0. The van der Waals surface area contributed by atoms with Crippen LogP contribution in [0.15, 0.2) is 42.7 Å².